The van der Waals surface area contributed by atoms with Crippen LogP contribution in [0.1, 0.15) is 29.6 Å². The van der Waals surface area contributed by atoms with E-state index >= 15 is 0 Å². The van der Waals surface area contributed by atoms with Crippen LogP contribution in [0, 0.1) is 0 Å². The highest BCUT2D eigenvalue weighted by atomic mass is 16.6. The van der Waals surface area contributed by atoms with Crippen molar-refractivity contribution < 1.29 is 23.9 Å². The Morgan fingerprint density at radius 1 is 1.33 bits per heavy atom. The molecule has 2 fully saturated rings. The van der Waals surface area contributed by atoms with Gasteiger partial charge in [-0.3, -0.25) is 4.79 Å². The van der Waals surface area contributed by atoms with Crippen LogP contribution in [0.4, 0.5) is 5.69 Å². The molecular formula is C15H15NO5. The Bertz CT molecular complexity index is 597. The van der Waals surface area contributed by atoms with Crippen molar-refractivity contribution >= 4 is 23.5 Å². The fraction of sp³-hybridized carbons (Fsp3) is 0.400. The van der Waals surface area contributed by atoms with Gasteiger partial charge in [0, 0.05) is 25.1 Å². The van der Waals surface area contributed by atoms with Gasteiger partial charge < -0.3 is 14.4 Å². The molecule has 0 unspecified atom stereocenters. The molecule has 110 valence electrons. The molecule has 1 atom stereocenters. The van der Waals surface area contributed by atoms with Crippen molar-refractivity contribution in [2.45, 2.75) is 25.4 Å². The third kappa shape index (κ3) is 2.74. The standard InChI is InChI=1S/C15H15NO5/c17-13-5-2-7-16(13)11-4-1-3-10(9-11)14(18)21-12-6-8-20-15(12)19/h1,3-4,9,12H,2,5-8H2/t12-/m0/s1. The van der Waals surface area contributed by atoms with E-state index in [0.29, 0.717) is 30.6 Å². The quantitative estimate of drug-likeness (QED) is 0.784. The van der Waals surface area contributed by atoms with Crippen molar-refractivity contribution in [3.05, 3.63) is 29.8 Å². The summed E-state index contributed by atoms with van der Waals surface area (Å²) in [7, 11) is 0. The topological polar surface area (TPSA) is 72.9 Å². The predicted molar refractivity (Wildman–Crippen MR) is 72.8 cm³/mol. The number of anilines is 1. The number of nitrogens with zero attached hydrogens (tertiary/aromatic N) is 1. The summed E-state index contributed by atoms with van der Waals surface area (Å²) in [6.45, 7) is 0.936. The average Bonchev–Trinajstić information content (AvgIpc) is 3.08. The van der Waals surface area contributed by atoms with Crippen LogP contribution in [0.2, 0.25) is 0 Å². The van der Waals surface area contributed by atoms with Crippen molar-refractivity contribution in [3.8, 4) is 0 Å². The number of benzene rings is 1. The Labute approximate surface area is 121 Å². The summed E-state index contributed by atoms with van der Waals surface area (Å²) in [4.78, 5) is 36.7. The van der Waals surface area contributed by atoms with Crippen LogP contribution in [0.5, 0.6) is 0 Å². The second kappa shape index (κ2) is 5.55. The van der Waals surface area contributed by atoms with Crippen molar-refractivity contribution in [1.82, 2.24) is 0 Å². The average molecular weight is 289 g/mol. The molecule has 2 aliphatic heterocycles. The van der Waals surface area contributed by atoms with Crippen LogP contribution in [-0.2, 0) is 19.1 Å². The van der Waals surface area contributed by atoms with Gasteiger partial charge in [0.15, 0.2) is 0 Å². The maximum Gasteiger partial charge on any atom is 0.347 e. The monoisotopic (exact) mass is 289 g/mol. The maximum atomic E-state index is 12.1. The first-order chi connectivity index (χ1) is 10.1. The Morgan fingerprint density at radius 2 is 2.19 bits per heavy atom. The van der Waals surface area contributed by atoms with Gasteiger partial charge in [-0.05, 0) is 24.6 Å². The maximum absolute atomic E-state index is 12.1. The van der Waals surface area contributed by atoms with E-state index in [0.717, 1.165) is 6.42 Å². The third-order valence-electron chi connectivity index (χ3n) is 3.60. The molecule has 0 aromatic heterocycles. The third-order valence-corrected chi connectivity index (χ3v) is 3.60. The van der Waals surface area contributed by atoms with E-state index in [4.69, 9.17) is 9.47 Å². The van der Waals surface area contributed by atoms with Gasteiger partial charge in [0.25, 0.3) is 0 Å². The minimum Gasteiger partial charge on any atom is -0.463 e. The van der Waals surface area contributed by atoms with Crippen LogP contribution in [0.15, 0.2) is 24.3 Å². The molecule has 0 spiro atoms. The fourth-order valence-corrected chi connectivity index (χ4v) is 2.50. The van der Waals surface area contributed by atoms with Crippen LogP contribution in [-0.4, -0.2) is 37.1 Å². The van der Waals surface area contributed by atoms with Crippen LogP contribution in [0.3, 0.4) is 0 Å². The van der Waals surface area contributed by atoms with Gasteiger partial charge in [-0.15, -0.1) is 0 Å². The fourth-order valence-electron chi connectivity index (χ4n) is 2.50. The number of carbonyl (C=O) groups excluding carboxylic acids is 3. The molecule has 1 aromatic carbocycles. The first-order valence-corrected chi connectivity index (χ1v) is 6.93. The normalized spacial score (nSPS) is 21.5. The molecule has 0 aliphatic carbocycles. The zero-order valence-electron chi connectivity index (χ0n) is 11.4. The van der Waals surface area contributed by atoms with Gasteiger partial charge in [-0.25, -0.2) is 9.59 Å². The molecule has 6 nitrogen and oxygen atoms in total. The van der Waals surface area contributed by atoms with Gasteiger partial charge in [-0.1, -0.05) is 6.07 Å². The van der Waals surface area contributed by atoms with Crippen molar-refractivity contribution in [2.75, 3.05) is 18.1 Å². The molecule has 0 N–H and O–H groups in total. The van der Waals surface area contributed by atoms with Crippen LogP contribution < -0.4 is 4.90 Å². The number of esters is 2. The number of ether oxygens (including phenoxy) is 2. The number of cyclic esters (lactones) is 1. The molecule has 0 saturated carbocycles. The number of rotatable bonds is 3. The summed E-state index contributed by atoms with van der Waals surface area (Å²) in [5.74, 6) is -1.03. The van der Waals surface area contributed by atoms with Crippen LogP contribution in [0.25, 0.3) is 0 Å². The molecule has 3 rings (SSSR count). The lowest BCUT2D eigenvalue weighted by Gasteiger charge is -2.16. The molecular weight excluding hydrogens is 274 g/mol. The van der Waals surface area contributed by atoms with Gasteiger partial charge in [0.1, 0.15) is 0 Å². The molecule has 0 bridgehead atoms. The lowest BCUT2D eigenvalue weighted by Crippen LogP contribution is -2.25. The molecule has 2 aliphatic rings. The molecule has 0 radical (unpaired) electrons. The first-order valence-electron chi connectivity index (χ1n) is 6.93. The summed E-state index contributed by atoms with van der Waals surface area (Å²) < 4.78 is 9.89. The molecule has 2 saturated heterocycles. The Hall–Kier alpha value is -2.37. The highest BCUT2D eigenvalue weighted by molar-refractivity contribution is 5.98. The largest absolute Gasteiger partial charge is 0.463 e. The molecule has 1 aromatic rings. The van der Waals surface area contributed by atoms with Crippen LogP contribution >= 0.6 is 0 Å². The van der Waals surface area contributed by atoms with Crippen molar-refractivity contribution in [1.29, 1.82) is 0 Å². The summed E-state index contributed by atoms with van der Waals surface area (Å²) in [6.07, 6.45) is 0.911. The second-order valence-corrected chi connectivity index (χ2v) is 5.05. The number of carbonyl (C=O) groups is 3. The predicted octanol–water partition coefficient (Wildman–Crippen LogP) is 1.29. The highest BCUT2D eigenvalue weighted by Crippen LogP contribution is 2.23. The summed E-state index contributed by atoms with van der Waals surface area (Å²) in [5.41, 5.74) is 1.01. The number of hydrogen-bond donors (Lipinski definition) is 0. The van der Waals surface area contributed by atoms with E-state index in [1.807, 2.05) is 0 Å². The Balaban J connectivity index is 1.74. The number of amides is 1. The zero-order chi connectivity index (χ0) is 14.8. The minimum atomic E-state index is -0.824. The van der Waals surface area contributed by atoms with Gasteiger partial charge in [0.2, 0.25) is 12.0 Å². The Morgan fingerprint density at radius 3 is 2.86 bits per heavy atom. The van der Waals surface area contributed by atoms with E-state index in [9.17, 15) is 14.4 Å². The first kappa shape index (κ1) is 13.6. The lowest BCUT2D eigenvalue weighted by molar-refractivity contribution is -0.145. The molecule has 1 amide bonds. The highest BCUT2D eigenvalue weighted by Gasteiger charge is 2.31. The van der Waals surface area contributed by atoms with E-state index < -0.39 is 18.0 Å². The van der Waals surface area contributed by atoms with E-state index in [1.54, 1.807) is 29.2 Å². The van der Waals surface area contributed by atoms with Gasteiger partial charge in [0.05, 0.1) is 12.2 Å². The van der Waals surface area contributed by atoms with E-state index in [2.05, 4.69) is 0 Å². The molecule has 21 heavy (non-hydrogen) atoms. The SMILES string of the molecule is O=C(O[C@H]1CCOC1=O)c1cccc(N2CCCC2=O)c1. The number of hydrogen-bond acceptors (Lipinski definition) is 5. The molecule has 2 heterocycles. The van der Waals surface area contributed by atoms with Gasteiger partial charge in [-0.2, -0.15) is 0 Å². The zero-order valence-corrected chi connectivity index (χ0v) is 11.4. The van der Waals surface area contributed by atoms with E-state index in [1.165, 1.54) is 0 Å². The van der Waals surface area contributed by atoms with Crippen molar-refractivity contribution in [3.63, 3.8) is 0 Å². The summed E-state index contributed by atoms with van der Waals surface area (Å²) in [5, 5.41) is 0. The Kier molecular flexibility index (Phi) is 3.60. The van der Waals surface area contributed by atoms with Crippen molar-refractivity contribution in [2.24, 2.45) is 0 Å². The van der Waals surface area contributed by atoms with E-state index in [-0.39, 0.29) is 12.5 Å². The summed E-state index contributed by atoms with van der Waals surface area (Å²) in [6, 6.07) is 6.70. The smallest absolute Gasteiger partial charge is 0.347 e. The minimum absolute atomic E-state index is 0.0555. The summed E-state index contributed by atoms with van der Waals surface area (Å²) >= 11 is 0. The lowest BCUT2D eigenvalue weighted by atomic mass is 10.2. The molecule has 6 heteroatoms. The van der Waals surface area contributed by atoms with Gasteiger partial charge >= 0.3 is 11.9 Å². The second-order valence-electron chi connectivity index (χ2n) is 5.05.